The Morgan fingerprint density at radius 3 is 2.37 bits per heavy atom. The Kier molecular flexibility index (Phi) is 9.47. The van der Waals surface area contributed by atoms with E-state index in [2.05, 4.69) is 0 Å². The van der Waals surface area contributed by atoms with E-state index >= 15 is 0 Å². The fourth-order valence-corrected chi connectivity index (χ4v) is 3.91. The quantitative estimate of drug-likeness (QED) is 0.155. The zero-order valence-electron chi connectivity index (χ0n) is 21.3. The first kappa shape index (κ1) is 29.1. The van der Waals surface area contributed by atoms with E-state index in [4.69, 9.17) is 9.57 Å². The molecule has 1 saturated heterocycles. The maximum atomic E-state index is 13.3. The van der Waals surface area contributed by atoms with Crippen LogP contribution in [0.2, 0.25) is 0 Å². The predicted octanol–water partition coefficient (Wildman–Crippen LogP) is 0.886. The highest BCUT2D eigenvalue weighted by Crippen LogP contribution is 2.32. The van der Waals surface area contributed by atoms with Crippen LogP contribution in [0, 0.1) is 5.92 Å². The number of aliphatic hydroxyl groups is 4. The minimum atomic E-state index is -1.82. The van der Waals surface area contributed by atoms with Gasteiger partial charge in [-0.05, 0) is 36.6 Å². The Morgan fingerprint density at radius 2 is 1.76 bits per heavy atom. The van der Waals surface area contributed by atoms with Gasteiger partial charge in [0.2, 0.25) is 0 Å². The molecule has 1 aromatic carbocycles. The second-order valence-electron chi connectivity index (χ2n) is 9.24. The van der Waals surface area contributed by atoms with Crippen LogP contribution in [0.25, 0.3) is 11.1 Å². The van der Waals surface area contributed by atoms with Gasteiger partial charge in [0.05, 0.1) is 12.8 Å². The van der Waals surface area contributed by atoms with Crippen molar-refractivity contribution in [3.05, 3.63) is 70.2 Å². The van der Waals surface area contributed by atoms with E-state index in [0.717, 1.165) is 24.3 Å². The zero-order valence-corrected chi connectivity index (χ0v) is 21.3. The highest BCUT2D eigenvalue weighted by molar-refractivity contribution is 6.07. The summed E-state index contributed by atoms with van der Waals surface area (Å²) in [6, 6.07) is 5.56. The molecule has 2 aromatic rings. The van der Waals surface area contributed by atoms with Crippen LogP contribution >= 0.6 is 0 Å². The number of benzene rings is 1. The zero-order chi connectivity index (χ0) is 28.1. The molecule has 3 rings (SSSR count). The van der Waals surface area contributed by atoms with Gasteiger partial charge in [0.1, 0.15) is 41.5 Å². The van der Waals surface area contributed by atoms with Crippen molar-refractivity contribution in [2.75, 3.05) is 6.61 Å². The molecule has 0 radical (unpaired) electrons. The largest absolute Gasteiger partial charge is 0.508 e. The topological polar surface area (TPSA) is 179 Å². The predicted molar refractivity (Wildman–Crippen MR) is 136 cm³/mol. The molecular formula is C27H33NO10. The number of carbonyl (C=O) groups excluding carboxylic acids is 1. The molecule has 0 aliphatic carbocycles. The molecule has 0 bridgehead atoms. The molecule has 2 heterocycles. The van der Waals surface area contributed by atoms with Gasteiger partial charge in [-0.3, -0.25) is 9.59 Å². The summed E-state index contributed by atoms with van der Waals surface area (Å²) in [5.41, 5.74) is -0.636. The van der Waals surface area contributed by atoms with Crippen LogP contribution < -0.4 is 10.4 Å². The summed E-state index contributed by atoms with van der Waals surface area (Å²) < 4.78 is 5.88. The van der Waals surface area contributed by atoms with Crippen molar-refractivity contribution in [3.8, 4) is 22.6 Å². The van der Waals surface area contributed by atoms with Crippen molar-refractivity contribution in [1.29, 1.82) is 0 Å². The number of hydrogen-bond donors (Lipinski definition) is 6. The number of allylic oxidation sites excluding steroid dienone is 4. The van der Waals surface area contributed by atoms with Gasteiger partial charge in [0.15, 0.2) is 5.78 Å². The molecule has 11 nitrogen and oxygen atoms in total. The number of phenolic OH excluding ortho intramolecular Hbond substituents is 1. The van der Waals surface area contributed by atoms with Crippen molar-refractivity contribution >= 4 is 5.78 Å². The molecule has 0 unspecified atom stereocenters. The number of aromatic nitrogens is 1. The standard InChI is InChI=1S/C27H33NO10/c1-4-14(2)11-15(3)5-10-19(31)21-22(32)18(16-6-8-17(30)9-7-16)12-28(26(21)36)38-27-25(35)24(34)23(33)20(13-29)37-27/h5-12,14,20,23-25,27,29-30,32-35H,4,13H2,1-3H3/b10-5+,15-11+/t14-,20-,23-,24+,25-,27+/m1/s1. The van der Waals surface area contributed by atoms with Crippen LogP contribution in [0.5, 0.6) is 11.5 Å². The van der Waals surface area contributed by atoms with Crippen LogP contribution in [-0.2, 0) is 4.74 Å². The molecule has 0 saturated carbocycles. The van der Waals surface area contributed by atoms with Crippen molar-refractivity contribution in [3.63, 3.8) is 0 Å². The highest BCUT2D eigenvalue weighted by Gasteiger charge is 2.45. The summed E-state index contributed by atoms with van der Waals surface area (Å²) in [6.07, 6.45) is -1.68. The highest BCUT2D eigenvalue weighted by atomic mass is 16.8. The van der Waals surface area contributed by atoms with Crippen LogP contribution in [0.15, 0.2) is 59.1 Å². The van der Waals surface area contributed by atoms with E-state index in [-0.39, 0.29) is 17.2 Å². The lowest BCUT2D eigenvalue weighted by Crippen LogP contribution is -2.61. The Morgan fingerprint density at radius 1 is 1.11 bits per heavy atom. The molecule has 1 aromatic heterocycles. The summed E-state index contributed by atoms with van der Waals surface area (Å²) in [4.78, 5) is 31.9. The van der Waals surface area contributed by atoms with Crippen LogP contribution in [0.4, 0.5) is 0 Å². The maximum absolute atomic E-state index is 13.3. The van der Waals surface area contributed by atoms with Crippen molar-refractivity contribution in [1.82, 2.24) is 4.73 Å². The third-order valence-electron chi connectivity index (χ3n) is 6.33. The van der Waals surface area contributed by atoms with Gasteiger partial charge in [-0.25, -0.2) is 0 Å². The van der Waals surface area contributed by atoms with Crippen molar-refractivity contribution in [2.45, 2.75) is 57.9 Å². The fourth-order valence-electron chi connectivity index (χ4n) is 3.91. The number of hydrogen-bond acceptors (Lipinski definition) is 10. The molecule has 0 spiro atoms. The van der Waals surface area contributed by atoms with Gasteiger partial charge < -0.3 is 40.2 Å². The van der Waals surface area contributed by atoms with E-state index in [1.54, 1.807) is 6.92 Å². The van der Waals surface area contributed by atoms with Gasteiger partial charge in [-0.2, -0.15) is 0 Å². The second kappa shape index (κ2) is 12.4. The SMILES string of the molecule is CC[C@@H](C)/C=C(C)/C=C/C(=O)c1c(O)c(-c2ccc(O)cc2)cn(O[C@@H]2O[C@H](CO)[C@@H](O)[C@H](O)[C@H]2O)c1=O. The molecule has 1 aliphatic rings. The van der Waals surface area contributed by atoms with E-state index in [0.29, 0.717) is 10.3 Å². The minimum Gasteiger partial charge on any atom is -0.508 e. The molecule has 11 heteroatoms. The Balaban J connectivity index is 2.09. The van der Waals surface area contributed by atoms with Crippen molar-refractivity contribution < 1.29 is 45.0 Å². The lowest BCUT2D eigenvalue weighted by atomic mass is 9.99. The number of ketones is 1. The van der Waals surface area contributed by atoms with E-state index in [9.17, 15) is 40.2 Å². The number of ether oxygens (including phenoxy) is 1. The molecule has 0 amide bonds. The summed E-state index contributed by atoms with van der Waals surface area (Å²) in [5, 5.41) is 60.5. The number of aromatic hydroxyl groups is 2. The number of aliphatic hydroxyl groups excluding tert-OH is 4. The third-order valence-corrected chi connectivity index (χ3v) is 6.33. The number of pyridine rings is 1. The first-order valence-corrected chi connectivity index (χ1v) is 12.1. The average Bonchev–Trinajstić information content (AvgIpc) is 2.89. The first-order valence-electron chi connectivity index (χ1n) is 12.1. The van der Waals surface area contributed by atoms with Crippen LogP contribution in [0.1, 0.15) is 37.6 Å². The monoisotopic (exact) mass is 531 g/mol. The number of nitrogens with zero attached hydrogens (tertiary/aromatic N) is 1. The Hall–Kier alpha value is -3.48. The number of rotatable bonds is 9. The fraction of sp³-hybridized carbons (Fsp3) is 0.407. The summed E-state index contributed by atoms with van der Waals surface area (Å²) in [7, 11) is 0. The third kappa shape index (κ3) is 6.32. The molecule has 38 heavy (non-hydrogen) atoms. The average molecular weight is 532 g/mol. The van der Waals surface area contributed by atoms with Gasteiger partial charge in [-0.15, -0.1) is 4.73 Å². The van der Waals surface area contributed by atoms with E-state index < -0.39 is 60.0 Å². The lowest BCUT2D eigenvalue weighted by Gasteiger charge is -2.39. The summed E-state index contributed by atoms with van der Waals surface area (Å²) in [5.74, 6) is -1.24. The molecule has 1 aliphatic heterocycles. The van der Waals surface area contributed by atoms with Crippen LogP contribution in [0.3, 0.4) is 0 Å². The molecule has 6 N–H and O–H groups in total. The van der Waals surface area contributed by atoms with Crippen molar-refractivity contribution in [2.24, 2.45) is 5.92 Å². The second-order valence-corrected chi connectivity index (χ2v) is 9.24. The van der Waals surface area contributed by atoms with Gasteiger partial charge >= 0.3 is 0 Å². The van der Waals surface area contributed by atoms with Gasteiger partial charge in [-0.1, -0.05) is 50.1 Å². The summed E-state index contributed by atoms with van der Waals surface area (Å²) in [6.45, 7) is 5.12. The maximum Gasteiger partial charge on any atom is 0.298 e. The number of carbonyl (C=O) groups is 1. The smallest absolute Gasteiger partial charge is 0.298 e. The van der Waals surface area contributed by atoms with Gasteiger partial charge in [0, 0.05) is 5.56 Å². The Bertz CT molecular complexity index is 1250. The molecule has 6 atom stereocenters. The Labute approximate surface area is 219 Å². The van der Waals surface area contributed by atoms with Crippen LogP contribution in [-0.4, -0.2) is 78.5 Å². The first-order chi connectivity index (χ1) is 18.0. The van der Waals surface area contributed by atoms with E-state index in [1.165, 1.54) is 30.3 Å². The summed E-state index contributed by atoms with van der Waals surface area (Å²) >= 11 is 0. The lowest BCUT2D eigenvalue weighted by molar-refractivity contribution is -0.301. The molecule has 206 valence electrons. The molecular weight excluding hydrogens is 498 g/mol. The normalized spacial score (nSPS) is 24.9. The number of phenols is 1. The molecule has 1 fully saturated rings. The van der Waals surface area contributed by atoms with E-state index in [1.807, 2.05) is 19.9 Å². The van der Waals surface area contributed by atoms with Gasteiger partial charge in [0.25, 0.3) is 11.8 Å². The minimum absolute atomic E-state index is 0.0159.